The van der Waals surface area contributed by atoms with Crippen LogP contribution in [0.4, 0.5) is 0 Å². The lowest BCUT2D eigenvalue weighted by Crippen LogP contribution is -2.03. The van der Waals surface area contributed by atoms with Gasteiger partial charge in [-0.2, -0.15) is 0 Å². The Kier molecular flexibility index (Phi) is 4.72. The van der Waals surface area contributed by atoms with Crippen LogP contribution in [0.5, 0.6) is 0 Å². The molecule has 0 bridgehead atoms. The number of ketones is 1. The minimum atomic E-state index is -0.0174. The van der Waals surface area contributed by atoms with Crippen LogP contribution in [0, 0.1) is 2.88 Å². The average molecular weight is 423 g/mol. The third kappa shape index (κ3) is 3.53. The summed E-state index contributed by atoms with van der Waals surface area (Å²) in [5.74, 6) is -0.0174. The number of benzene rings is 2. The third-order valence-corrected chi connectivity index (χ3v) is 5.85. The highest BCUT2D eigenvalue weighted by Gasteiger charge is 2.18. The zero-order valence-electron chi connectivity index (χ0n) is 10.8. The topological polar surface area (TPSA) is 30.0 Å². The van der Waals surface area contributed by atoms with E-state index >= 15 is 0 Å². The molecule has 0 atom stereocenters. The van der Waals surface area contributed by atoms with Gasteiger partial charge in [0.25, 0.3) is 0 Å². The van der Waals surface area contributed by atoms with E-state index in [1.54, 1.807) is 23.1 Å². The van der Waals surface area contributed by atoms with Crippen LogP contribution in [0.25, 0.3) is 0 Å². The summed E-state index contributed by atoms with van der Waals surface area (Å²) in [7, 11) is 0. The monoisotopic (exact) mass is 423 g/mol. The van der Waals surface area contributed by atoms with Gasteiger partial charge < -0.3 is 0 Å². The summed E-state index contributed by atoms with van der Waals surface area (Å²) in [5, 5.41) is 0. The predicted octanol–water partition coefficient (Wildman–Crippen LogP) is 5.13. The molecule has 0 fully saturated rings. The molecule has 2 nitrogen and oxygen atoms in total. The number of hydrogen-bond acceptors (Lipinski definition) is 4. The molecule has 21 heavy (non-hydrogen) atoms. The summed E-state index contributed by atoms with van der Waals surface area (Å²) in [6, 6.07) is 19.3. The third-order valence-electron chi connectivity index (χ3n) is 2.77. The van der Waals surface area contributed by atoms with Crippen LogP contribution in [0.2, 0.25) is 0 Å². The lowest BCUT2D eigenvalue weighted by molar-refractivity contribution is 0.103. The Hall–Kier alpha value is -1.18. The number of carbonyl (C=O) groups is 1. The molecule has 5 heteroatoms. The summed E-state index contributed by atoms with van der Waals surface area (Å²) in [6.45, 7) is 0. The van der Waals surface area contributed by atoms with Crippen molar-refractivity contribution >= 4 is 51.5 Å². The molecule has 1 heterocycles. The van der Waals surface area contributed by atoms with E-state index in [4.69, 9.17) is 0 Å². The normalized spacial score (nSPS) is 10.5. The molecule has 0 saturated heterocycles. The second-order valence-corrected chi connectivity index (χ2v) is 8.34. The van der Waals surface area contributed by atoms with Crippen LogP contribution < -0.4 is 0 Å². The van der Waals surface area contributed by atoms with Gasteiger partial charge in [0.15, 0.2) is 4.34 Å². The molecule has 0 spiro atoms. The first-order chi connectivity index (χ1) is 10.2. The van der Waals surface area contributed by atoms with Crippen molar-refractivity contribution in [2.75, 3.05) is 0 Å². The van der Waals surface area contributed by atoms with Gasteiger partial charge in [-0.3, -0.25) is 4.79 Å². The zero-order chi connectivity index (χ0) is 14.7. The molecule has 3 aromatic rings. The second kappa shape index (κ2) is 6.72. The fourth-order valence-electron chi connectivity index (χ4n) is 1.78. The van der Waals surface area contributed by atoms with E-state index in [1.165, 1.54) is 0 Å². The maximum absolute atomic E-state index is 12.5. The number of carbonyl (C=O) groups excluding carboxylic acids is 1. The molecule has 3 rings (SSSR count). The maximum atomic E-state index is 12.5. The number of aromatic nitrogens is 1. The minimum Gasteiger partial charge on any atom is -0.287 e. The van der Waals surface area contributed by atoms with E-state index < -0.39 is 0 Å². The smallest absolute Gasteiger partial charge is 0.213 e. The van der Waals surface area contributed by atoms with Crippen molar-refractivity contribution in [1.82, 2.24) is 4.98 Å². The van der Waals surface area contributed by atoms with Crippen LogP contribution in [-0.4, -0.2) is 10.8 Å². The Balaban J connectivity index is 1.86. The van der Waals surface area contributed by atoms with E-state index in [-0.39, 0.29) is 5.78 Å². The molecule has 0 N–H and O–H groups in total. The lowest BCUT2D eigenvalue weighted by Gasteiger charge is -1.97. The quantitative estimate of drug-likeness (QED) is 0.431. The van der Waals surface area contributed by atoms with Crippen molar-refractivity contribution in [3.63, 3.8) is 0 Å². The Morgan fingerprint density at radius 1 is 1.00 bits per heavy atom. The van der Waals surface area contributed by atoms with E-state index in [1.807, 2.05) is 60.7 Å². The molecule has 0 unspecified atom stereocenters. The van der Waals surface area contributed by atoms with Crippen LogP contribution in [0.3, 0.4) is 0 Å². The van der Waals surface area contributed by atoms with Gasteiger partial charge in [0.05, 0.1) is 2.88 Å². The standard InChI is InChI=1S/C16H10INOS2/c17-15-13(14(19)11-7-3-1-4-8-11)18-16(21-15)20-12-9-5-2-6-10-12/h1-10H. The van der Waals surface area contributed by atoms with Crippen LogP contribution in [0.1, 0.15) is 16.1 Å². The largest absolute Gasteiger partial charge is 0.287 e. The van der Waals surface area contributed by atoms with Gasteiger partial charge in [0.1, 0.15) is 5.69 Å². The first-order valence-corrected chi connectivity index (χ1v) is 8.94. The van der Waals surface area contributed by atoms with E-state index in [0.717, 1.165) is 12.1 Å². The summed E-state index contributed by atoms with van der Waals surface area (Å²) in [6.07, 6.45) is 0. The number of hydrogen-bond donors (Lipinski definition) is 0. The van der Waals surface area contributed by atoms with Crippen molar-refractivity contribution in [2.45, 2.75) is 9.24 Å². The van der Waals surface area contributed by atoms with Gasteiger partial charge in [-0.05, 0) is 34.7 Å². The fourth-order valence-corrected chi connectivity index (χ4v) is 5.08. The van der Waals surface area contributed by atoms with Crippen molar-refractivity contribution in [3.05, 3.63) is 74.8 Å². The van der Waals surface area contributed by atoms with Gasteiger partial charge in [-0.1, -0.05) is 60.3 Å². The molecular weight excluding hydrogens is 413 g/mol. The fraction of sp³-hybridized carbons (Fsp3) is 0. The number of rotatable bonds is 4. The molecule has 0 saturated carbocycles. The molecule has 0 amide bonds. The Labute approximate surface area is 144 Å². The Morgan fingerprint density at radius 3 is 2.29 bits per heavy atom. The molecule has 0 aliphatic rings. The first kappa shape index (κ1) is 14.7. The molecule has 0 aliphatic carbocycles. The SMILES string of the molecule is O=C(c1ccccc1)c1nc(Sc2ccccc2)sc1I. The molecule has 104 valence electrons. The number of halogens is 1. The molecule has 1 aromatic heterocycles. The predicted molar refractivity (Wildman–Crippen MR) is 95.3 cm³/mol. The summed E-state index contributed by atoms with van der Waals surface area (Å²) in [4.78, 5) is 18.1. The van der Waals surface area contributed by atoms with E-state index in [9.17, 15) is 4.79 Å². The highest BCUT2D eigenvalue weighted by molar-refractivity contribution is 14.1. The first-order valence-electron chi connectivity index (χ1n) is 6.23. The van der Waals surface area contributed by atoms with Crippen molar-refractivity contribution in [2.24, 2.45) is 0 Å². The number of thiazole rings is 1. The Bertz CT molecular complexity index is 756. The number of nitrogens with zero attached hydrogens (tertiary/aromatic N) is 1. The second-order valence-electron chi connectivity index (χ2n) is 4.21. The maximum Gasteiger partial charge on any atom is 0.213 e. The molecule has 0 radical (unpaired) electrons. The summed E-state index contributed by atoms with van der Waals surface area (Å²) < 4.78 is 1.82. The molecule has 0 aliphatic heterocycles. The van der Waals surface area contributed by atoms with Crippen LogP contribution in [0.15, 0.2) is 69.9 Å². The Morgan fingerprint density at radius 2 is 1.62 bits per heavy atom. The van der Waals surface area contributed by atoms with Gasteiger partial charge in [-0.25, -0.2) is 4.98 Å². The summed E-state index contributed by atoms with van der Waals surface area (Å²) in [5.41, 5.74) is 1.22. The van der Waals surface area contributed by atoms with Gasteiger partial charge in [0, 0.05) is 10.5 Å². The van der Waals surface area contributed by atoms with E-state index in [2.05, 4.69) is 27.6 Å². The average Bonchev–Trinajstić information content (AvgIpc) is 2.89. The van der Waals surface area contributed by atoms with Crippen molar-refractivity contribution in [1.29, 1.82) is 0 Å². The minimum absolute atomic E-state index is 0.0174. The zero-order valence-corrected chi connectivity index (χ0v) is 14.6. The lowest BCUT2D eigenvalue weighted by atomic mass is 10.1. The summed E-state index contributed by atoms with van der Waals surface area (Å²) >= 11 is 5.32. The highest BCUT2D eigenvalue weighted by Crippen LogP contribution is 2.34. The van der Waals surface area contributed by atoms with Gasteiger partial charge >= 0.3 is 0 Å². The van der Waals surface area contributed by atoms with Crippen molar-refractivity contribution < 1.29 is 4.79 Å². The molecule has 2 aromatic carbocycles. The van der Waals surface area contributed by atoms with Crippen LogP contribution in [-0.2, 0) is 0 Å². The van der Waals surface area contributed by atoms with Crippen LogP contribution >= 0.6 is 45.7 Å². The highest BCUT2D eigenvalue weighted by atomic mass is 127. The van der Waals surface area contributed by atoms with Gasteiger partial charge in [0.2, 0.25) is 5.78 Å². The van der Waals surface area contributed by atoms with Crippen molar-refractivity contribution in [3.8, 4) is 0 Å². The van der Waals surface area contributed by atoms with Gasteiger partial charge in [-0.15, -0.1) is 11.3 Å². The van der Waals surface area contributed by atoms with E-state index in [0.29, 0.717) is 11.3 Å². The molecular formula is C16H10INOS2.